The largest absolute Gasteiger partial charge is 0.392 e. The molecule has 0 saturated carbocycles. The molecule has 0 spiro atoms. The molecule has 0 aromatic carbocycles. The zero-order valence-corrected chi connectivity index (χ0v) is 13.2. The van der Waals surface area contributed by atoms with Gasteiger partial charge in [-0.1, -0.05) is 30.2 Å². The van der Waals surface area contributed by atoms with Crippen LogP contribution in [0.4, 0.5) is 0 Å². The average molecular weight is 291 g/mol. The van der Waals surface area contributed by atoms with E-state index in [1.165, 1.54) is 11.1 Å². The lowest BCUT2D eigenvalue weighted by Crippen LogP contribution is -2.43. The van der Waals surface area contributed by atoms with Crippen LogP contribution in [0.15, 0.2) is 23.3 Å². The molecule has 2 aliphatic carbocycles. The minimum absolute atomic E-state index is 0.151. The normalized spacial score (nSPS) is 37.1. The molecule has 4 atom stereocenters. The molecule has 3 aliphatic rings. The van der Waals surface area contributed by atoms with Gasteiger partial charge in [-0.3, -0.25) is 0 Å². The van der Waals surface area contributed by atoms with Gasteiger partial charge < -0.3 is 15.1 Å². The average Bonchev–Trinajstić information content (AvgIpc) is 2.79. The second-order valence-corrected chi connectivity index (χ2v) is 7.16. The highest BCUT2D eigenvalue weighted by molar-refractivity contribution is 5.32. The van der Waals surface area contributed by atoms with E-state index >= 15 is 0 Å². The van der Waals surface area contributed by atoms with Gasteiger partial charge in [0.15, 0.2) is 0 Å². The maximum Gasteiger partial charge on any atom is 0.0693 e. The third-order valence-electron chi connectivity index (χ3n) is 5.68. The van der Waals surface area contributed by atoms with Crippen molar-refractivity contribution in [3.63, 3.8) is 0 Å². The predicted molar refractivity (Wildman–Crippen MR) is 85.0 cm³/mol. The lowest BCUT2D eigenvalue weighted by atomic mass is 9.89. The Hall–Kier alpha value is -0.640. The minimum atomic E-state index is -0.159. The molecule has 1 fully saturated rings. The minimum Gasteiger partial charge on any atom is -0.392 e. The predicted octanol–water partition coefficient (Wildman–Crippen LogP) is 2.50. The van der Waals surface area contributed by atoms with Crippen LogP contribution >= 0.6 is 0 Å². The van der Waals surface area contributed by atoms with Crippen LogP contribution in [0.3, 0.4) is 0 Å². The standard InChI is InChI=1S/C18H29NO2/c1-13-8-10-19(12-18(13)21)9-4-7-16-15-6-3-2-5-14(15)11-17(16)20/h2-3,13,16-18,20-21H,4-12H2,1H3/t13-,16+,17+,18-/m0/s1. The van der Waals surface area contributed by atoms with E-state index in [-0.39, 0.29) is 12.2 Å². The number of aliphatic hydroxyl groups is 2. The summed E-state index contributed by atoms with van der Waals surface area (Å²) in [4.78, 5) is 2.39. The maximum absolute atomic E-state index is 10.3. The highest BCUT2D eigenvalue weighted by Gasteiger charge is 2.33. The zero-order chi connectivity index (χ0) is 14.8. The first-order valence-corrected chi connectivity index (χ1v) is 8.59. The number of β-amino-alcohol motifs (C(OH)–C–C–N with tert-alkyl or cyclic N) is 1. The maximum atomic E-state index is 10.3. The van der Waals surface area contributed by atoms with E-state index in [2.05, 4.69) is 24.0 Å². The van der Waals surface area contributed by atoms with Gasteiger partial charge >= 0.3 is 0 Å². The number of likely N-dealkylation sites (tertiary alicyclic amines) is 1. The molecular formula is C18H29NO2. The Labute approximate surface area is 128 Å². The fourth-order valence-corrected chi connectivity index (χ4v) is 4.19. The Morgan fingerprint density at radius 1 is 1.19 bits per heavy atom. The van der Waals surface area contributed by atoms with Crippen LogP contribution in [0.2, 0.25) is 0 Å². The highest BCUT2D eigenvalue weighted by Crippen LogP contribution is 2.41. The van der Waals surface area contributed by atoms with Gasteiger partial charge in [-0.05, 0) is 57.5 Å². The van der Waals surface area contributed by atoms with Gasteiger partial charge in [0.05, 0.1) is 12.2 Å². The summed E-state index contributed by atoms with van der Waals surface area (Å²) in [6.07, 6.45) is 10.5. The van der Waals surface area contributed by atoms with E-state index in [0.717, 1.165) is 58.2 Å². The molecule has 1 heterocycles. The number of aliphatic hydroxyl groups excluding tert-OH is 2. The van der Waals surface area contributed by atoms with E-state index in [4.69, 9.17) is 0 Å². The Morgan fingerprint density at radius 3 is 2.81 bits per heavy atom. The van der Waals surface area contributed by atoms with Gasteiger partial charge in [0.2, 0.25) is 0 Å². The van der Waals surface area contributed by atoms with Crippen molar-refractivity contribution in [1.29, 1.82) is 0 Å². The van der Waals surface area contributed by atoms with E-state index in [1.54, 1.807) is 0 Å². The third-order valence-corrected chi connectivity index (χ3v) is 5.68. The number of rotatable bonds is 4. The van der Waals surface area contributed by atoms with Gasteiger partial charge in [-0.2, -0.15) is 0 Å². The molecule has 0 aromatic rings. The molecule has 0 bridgehead atoms. The first-order chi connectivity index (χ1) is 10.1. The fourth-order valence-electron chi connectivity index (χ4n) is 4.19. The van der Waals surface area contributed by atoms with Crippen molar-refractivity contribution < 1.29 is 10.2 Å². The van der Waals surface area contributed by atoms with Crippen LogP contribution in [-0.4, -0.2) is 47.0 Å². The molecule has 3 nitrogen and oxygen atoms in total. The number of hydrogen-bond acceptors (Lipinski definition) is 3. The molecule has 0 radical (unpaired) electrons. The molecular weight excluding hydrogens is 262 g/mol. The summed E-state index contributed by atoms with van der Waals surface area (Å²) in [5.41, 5.74) is 3.02. The lowest BCUT2D eigenvalue weighted by molar-refractivity contribution is 0.0275. The highest BCUT2D eigenvalue weighted by atomic mass is 16.3. The van der Waals surface area contributed by atoms with Gasteiger partial charge in [-0.25, -0.2) is 0 Å². The quantitative estimate of drug-likeness (QED) is 0.782. The van der Waals surface area contributed by atoms with Crippen LogP contribution < -0.4 is 0 Å². The number of piperidine rings is 1. The molecule has 118 valence electrons. The molecule has 3 heteroatoms. The van der Waals surface area contributed by atoms with E-state index in [0.29, 0.717) is 11.8 Å². The first-order valence-electron chi connectivity index (χ1n) is 8.59. The molecule has 0 amide bonds. The second kappa shape index (κ2) is 6.64. The number of allylic oxidation sites excluding steroid dienone is 2. The summed E-state index contributed by atoms with van der Waals surface area (Å²) in [5.74, 6) is 0.832. The second-order valence-electron chi connectivity index (χ2n) is 7.16. The number of hydrogen-bond donors (Lipinski definition) is 2. The molecule has 0 unspecified atom stereocenters. The van der Waals surface area contributed by atoms with Crippen LogP contribution in [-0.2, 0) is 0 Å². The van der Waals surface area contributed by atoms with Crippen molar-refractivity contribution >= 4 is 0 Å². The topological polar surface area (TPSA) is 43.7 Å². The van der Waals surface area contributed by atoms with Crippen molar-refractivity contribution in [3.8, 4) is 0 Å². The van der Waals surface area contributed by atoms with Gasteiger partial charge in [0, 0.05) is 12.5 Å². The van der Waals surface area contributed by atoms with Gasteiger partial charge in [0.1, 0.15) is 0 Å². The zero-order valence-electron chi connectivity index (χ0n) is 13.2. The molecule has 2 N–H and O–H groups in total. The van der Waals surface area contributed by atoms with Crippen molar-refractivity contribution in [3.05, 3.63) is 23.3 Å². The Balaban J connectivity index is 1.46. The molecule has 1 aliphatic heterocycles. The van der Waals surface area contributed by atoms with Crippen molar-refractivity contribution in [1.82, 2.24) is 4.90 Å². The first kappa shape index (κ1) is 15.3. The molecule has 3 rings (SSSR count). The van der Waals surface area contributed by atoms with Crippen LogP contribution in [0.1, 0.15) is 45.4 Å². The van der Waals surface area contributed by atoms with Crippen molar-refractivity contribution in [2.45, 2.75) is 57.7 Å². The summed E-state index contributed by atoms with van der Waals surface area (Å²) in [7, 11) is 0. The Kier molecular flexibility index (Phi) is 4.82. The van der Waals surface area contributed by atoms with Gasteiger partial charge in [0.25, 0.3) is 0 Å². The van der Waals surface area contributed by atoms with Crippen molar-refractivity contribution in [2.75, 3.05) is 19.6 Å². The van der Waals surface area contributed by atoms with E-state index < -0.39 is 0 Å². The van der Waals surface area contributed by atoms with Gasteiger partial charge in [-0.15, -0.1) is 0 Å². The smallest absolute Gasteiger partial charge is 0.0693 e. The van der Waals surface area contributed by atoms with Crippen molar-refractivity contribution in [2.24, 2.45) is 11.8 Å². The lowest BCUT2D eigenvalue weighted by Gasteiger charge is -2.34. The SMILES string of the molecule is C[C@H]1CCN(CCC[C@@H]2C3=C(CC=CC3)C[C@H]2O)C[C@@H]1O. The summed E-state index contributed by atoms with van der Waals surface area (Å²) in [6, 6.07) is 0. The van der Waals surface area contributed by atoms with E-state index in [9.17, 15) is 10.2 Å². The molecule has 21 heavy (non-hydrogen) atoms. The summed E-state index contributed by atoms with van der Waals surface area (Å²) < 4.78 is 0. The van der Waals surface area contributed by atoms with E-state index in [1.807, 2.05) is 0 Å². The van der Waals surface area contributed by atoms with Crippen LogP contribution in [0, 0.1) is 11.8 Å². The molecule has 0 aromatic heterocycles. The summed E-state index contributed by atoms with van der Waals surface area (Å²) in [5, 5.41) is 20.3. The third kappa shape index (κ3) is 3.41. The van der Waals surface area contributed by atoms with Crippen LogP contribution in [0.25, 0.3) is 0 Å². The van der Waals surface area contributed by atoms with Crippen LogP contribution in [0.5, 0.6) is 0 Å². The summed E-state index contributed by atoms with van der Waals surface area (Å²) >= 11 is 0. The number of nitrogens with zero attached hydrogens (tertiary/aromatic N) is 1. The molecule has 1 saturated heterocycles. The monoisotopic (exact) mass is 291 g/mol. The summed E-state index contributed by atoms with van der Waals surface area (Å²) in [6.45, 7) is 5.14. The Bertz CT molecular complexity index is 429. The Morgan fingerprint density at radius 2 is 2.00 bits per heavy atom. The fraction of sp³-hybridized carbons (Fsp3) is 0.778.